The van der Waals surface area contributed by atoms with Gasteiger partial charge in [0.1, 0.15) is 6.61 Å². The van der Waals surface area contributed by atoms with E-state index in [0.29, 0.717) is 31.1 Å². The van der Waals surface area contributed by atoms with Crippen molar-refractivity contribution in [3.8, 4) is 0 Å². The van der Waals surface area contributed by atoms with Crippen LogP contribution in [0.5, 0.6) is 0 Å². The van der Waals surface area contributed by atoms with E-state index in [2.05, 4.69) is 13.5 Å². The molecule has 2 aliphatic rings. The molecule has 2 fully saturated rings. The third-order valence-electron chi connectivity index (χ3n) is 6.31. The van der Waals surface area contributed by atoms with Crippen molar-refractivity contribution in [2.24, 2.45) is 5.92 Å². The van der Waals surface area contributed by atoms with Crippen LogP contribution in [0, 0.1) is 5.92 Å². The zero-order chi connectivity index (χ0) is 26.5. The van der Waals surface area contributed by atoms with E-state index < -0.39 is 0 Å². The Kier molecular flexibility index (Phi) is 12.9. The quantitative estimate of drug-likeness (QED) is 0.341. The lowest BCUT2D eigenvalue weighted by Crippen LogP contribution is -2.52. The van der Waals surface area contributed by atoms with Crippen molar-refractivity contribution in [1.29, 1.82) is 0 Å². The van der Waals surface area contributed by atoms with Crippen molar-refractivity contribution in [3.63, 3.8) is 0 Å². The summed E-state index contributed by atoms with van der Waals surface area (Å²) in [7, 11) is 0. The van der Waals surface area contributed by atoms with Gasteiger partial charge in [0.2, 0.25) is 5.91 Å². The maximum absolute atomic E-state index is 13.3. The van der Waals surface area contributed by atoms with Gasteiger partial charge in [-0.25, -0.2) is 4.79 Å². The molecule has 4 rings (SSSR count). The maximum atomic E-state index is 13.3. The molecule has 2 aliphatic heterocycles. The lowest BCUT2D eigenvalue weighted by atomic mass is 9.85. The summed E-state index contributed by atoms with van der Waals surface area (Å²) in [5.74, 6) is 0.117. The number of ether oxygens (including phenoxy) is 1. The van der Waals surface area contributed by atoms with Gasteiger partial charge in [0.05, 0.1) is 12.6 Å². The standard InChI is InChI=1S/C21H27ClN2O3.C6H5Cl.C2H6/c1-3-5-16-8-11-19(15-6-9-17(22)10-7-15)24(20(16)25)18(4-2)14-23-12-13-27-21(23)26;7-6-4-2-1-3-5-6;1-2/h3,6-7,9-10,16,18-19H,1,4-5,8,11-14H2,2H3;1-5H;1-2H3. The number of carbonyl (C=O) groups is 2. The van der Waals surface area contributed by atoms with Crippen molar-refractivity contribution in [1.82, 2.24) is 9.80 Å². The highest BCUT2D eigenvalue weighted by Crippen LogP contribution is 2.38. The Labute approximate surface area is 226 Å². The summed E-state index contributed by atoms with van der Waals surface area (Å²) >= 11 is 11.6. The summed E-state index contributed by atoms with van der Waals surface area (Å²) in [6.07, 6.45) is 4.74. The molecule has 2 aromatic rings. The molecule has 0 N–H and O–H groups in total. The molecule has 0 bridgehead atoms. The SMILES string of the molecule is C=CCC1CCC(c2ccc(Cl)cc2)N(C(CC)CN2CCOC2=O)C1=O.CC.Clc1ccccc1. The van der Waals surface area contributed by atoms with E-state index in [9.17, 15) is 9.59 Å². The summed E-state index contributed by atoms with van der Waals surface area (Å²) in [5.41, 5.74) is 1.09. The molecule has 0 aliphatic carbocycles. The lowest BCUT2D eigenvalue weighted by Gasteiger charge is -2.44. The number of carbonyl (C=O) groups excluding carboxylic acids is 2. The fraction of sp³-hybridized carbons (Fsp3) is 0.448. The Bertz CT molecular complexity index is 953. The zero-order valence-electron chi connectivity index (χ0n) is 21.5. The fourth-order valence-corrected chi connectivity index (χ4v) is 4.80. The summed E-state index contributed by atoms with van der Waals surface area (Å²) in [6.45, 7) is 11.4. The number of benzene rings is 2. The molecule has 3 unspecified atom stereocenters. The topological polar surface area (TPSA) is 49.9 Å². The van der Waals surface area contributed by atoms with Crippen LogP contribution >= 0.6 is 23.2 Å². The minimum atomic E-state index is -0.288. The molecule has 7 heteroatoms. The number of amides is 2. The van der Waals surface area contributed by atoms with Crippen LogP contribution in [0.15, 0.2) is 67.3 Å². The van der Waals surface area contributed by atoms with Crippen LogP contribution in [0.4, 0.5) is 4.79 Å². The van der Waals surface area contributed by atoms with Gasteiger partial charge in [0.15, 0.2) is 0 Å². The second-order valence-electron chi connectivity index (χ2n) is 8.53. The molecule has 0 aromatic heterocycles. The summed E-state index contributed by atoms with van der Waals surface area (Å²) in [6, 6.07) is 17.1. The molecule has 2 aromatic carbocycles. The molecule has 5 nitrogen and oxygen atoms in total. The number of hydrogen-bond donors (Lipinski definition) is 0. The molecule has 2 heterocycles. The van der Waals surface area contributed by atoms with Gasteiger partial charge in [-0.3, -0.25) is 4.79 Å². The number of piperidine rings is 1. The molecule has 3 atom stereocenters. The Hall–Kier alpha value is -2.50. The van der Waals surface area contributed by atoms with E-state index in [1.165, 1.54) is 0 Å². The number of allylic oxidation sites excluding steroid dienone is 1. The lowest BCUT2D eigenvalue weighted by molar-refractivity contribution is -0.145. The summed E-state index contributed by atoms with van der Waals surface area (Å²) in [4.78, 5) is 29.0. The van der Waals surface area contributed by atoms with Gasteiger partial charge in [-0.1, -0.05) is 80.4 Å². The third kappa shape index (κ3) is 8.28. The Balaban J connectivity index is 0.000000431. The largest absolute Gasteiger partial charge is 0.448 e. The van der Waals surface area contributed by atoms with Crippen molar-refractivity contribution < 1.29 is 14.3 Å². The van der Waals surface area contributed by atoms with E-state index in [-0.39, 0.29) is 30.0 Å². The van der Waals surface area contributed by atoms with Gasteiger partial charge in [-0.05, 0) is 55.5 Å². The van der Waals surface area contributed by atoms with Crippen molar-refractivity contribution >= 4 is 35.2 Å². The Morgan fingerprint density at radius 1 is 1.03 bits per heavy atom. The van der Waals surface area contributed by atoms with Crippen molar-refractivity contribution in [2.45, 2.75) is 58.5 Å². The average molecular weight is 534 g/mol. The molecule has 0 spiro atoms. The average Bonchev–Trinajstić information content (AvgIpc) is 3.31. The van der Waals surface area contributed by atoms with Crippen molar-refractivity contribution in [3.05, 3.63) is 82.9 Å². The first-order valence-corrected chi connectivity index (χ1v) is 13.5. The van der Waals surface area contributed by atoms with Crippen LogP contribution in [0.2, 0.25) is 10.0 Å². The number of nitrogens with zero attached hydrogens (tertiary/aromatic N) is 2. The van der Waals surface area contributed by atoms with E-state index >= 15 is 0 Å². The monoisotopic (exact) mass is 532 g/mol. The van der Waals surface area contributed by atoms with Crippen LogP contribution in [0.25, 0.3) is 0 Å². The molecular weight excluding hydrogens is 495 g/mol. The van der Waals surface area contributed by atoms with Crippen LogP contribution in [-0.2, 0) is 9.53 Å². The van der Waals surface area contributed by atoms with E-state index in [4.69, 9.17) is 27.9 Å². The molecule has 0 radical (unpaired) electrons. The highest BCUT2D eigenvalue weighted by atomic mass is 35.5. The van der Waals surface area contributed by atoms with Gasteiger partial charge < -0.3 is 14.5 Å². The smallest absolute Gasteiger partial charge is 0.410 e. The first-order valence-electron chi connectivity index (χ1n) is 12.7. The van der Waals surface area contributed by atoms with E-state index in [1.54, 1.807) is 4.90 Å². The van der Waals surface area contributed by atoms with Crippen LogP contribution < -0.4 is 0 Å². The first-order chi connectivity index (χ1) is 17.4. The summed E-state index contributed by atoms with van der Waals surface area (Å²) in [5, 5.41) is 1.48. The zero-order valence-corrected chi connectivity index (χ0v) is 23.0. The highest BCUT2D eigenvalue weighted by Gasteiger charge is 2.40. The number of halogens is 2. The van der Waals surface area contributed by atoms with Gasteiger partial charge in [-0.15, -0.1) is 6.58 Å². The highest BCUT2D eigenvalue weighted by molar-refractivity contribution is 6.30. The number of rotatable bonds is 7. The van der Waals surface area contributed by atoms with Crippen molar-refractivity contribution in [2.75, 3.05) is 19.7 Å². The fourth-order valence-electron chi connectivity index (χ4n) is 4.53. The molecule has 0 saturated carbocycles. The number of hydrogen-bond acceptors (Lipinski definition) is 3. The molecule has 2 saturated heterocycles. The first kappa shape index (κ1) is 29.7. The summed E-state index contributed by atoms with van der Waals surface area (Å²) < 4.78 is 5.06. The van der Waals surface area contributed by atoms with Gasteiger partial charge in [0.25, 0.3) is 0 Å². The molecular formula is C29H38Cl2N2O3. The number of likely N-dealkylation sites (tertiary alicyclic amines) is 1. The van der Waals surface area contributed by atoms with Gasteiger partial charge in [-0.2, -0.15) is 0 Å². The molecule has 2 amide bonds. The van der Waals surface area contributed by atoms with Gasteiger partial charge >= 0.3 is 6.09 Å². The Morgan fingerprint density at radius 2 is 1.67 bits per heavy atom. The van der Waals surface area contributed by atoms with E-state index in [0.717, 1.165) is 29.8 Å². The second kappa shape index (κ2) is 15.6. The van der Waals surface area contributed by atoms with Crippen LogP contribution in [-0.4, -0.2) is 47.5 Å². The minimum absolute atomic E-state index is 0.000551. The molecule has 196 valence electrons. The predicted octanol–water partition coefficient (Wildman–Crippen LogP) is 7.79. The van der Waals surface area contributed by atoms with Crippen LogP contribution in [0.1, 0.15) is 58.1 Å². The minimum Gasteiger partial charge on any atom is -0.448 e. The second-order valence-corrected chi connectivity index (χ2v) is 9.40. The molecule has 36 heavy (non-hydrogen) atoms. The predicted molar refractivity (Wildman–Crippen MR) is 148 cm³/mol. The normalized spacial score (nSPS) is 19.9. The van der Waals surface area contributed by atoms with Gasteiger partial charge in [0, 0.05) is 28.5 Å². The van der Waals surface area contributed by atoms with Crippen LogP contribution in [0.3, 0.4) is 0 Å². The Morgan fingerprint density at radius 3 is 2.17 bits per heavy atom. The van der Waals surface area contributed by atoms with E-state index in [1.807, 2.05) is 79.4 Å². The third-order valence-corrected chi connectivity index (χ3v) is 6.81. The number of cyclic esters (lactones) is 1. The maximum Gasteiger partial charge on any atom is 0.410 e.